The zero-order valence-electron chi connectivity index (χ0n) is 10.7. The third-order valence-electron chi connectivity index (χ3n) is 4.24. The maximum atomic E-state index is 13.6. The first-order valence-electron chi connectivity index (χ1n) is 6.72. The summed E-state index contributed by atoms with van der Waals surface area (Å²) >= 11 is 0. The molecule has 3 saturated heterocycles. The molecule has 0 radical (unpaired) electrons. The van der Waals surface area contributed by atoms with Crippen LogP contribution in [0.1, 0.15) is 5.56 Å². The number of nitrogens with zero attached hydrogens (tertiary/aromatic N) is 2. The van der Waals surface area contributed by atoms with E-state index >= 15 is 0 Å². The SMILES string of the molecule is OC(Cc1c(F)cccc1F)C1CN2CCN1CC2. The summed E-state index contributed by atoms with van der Waals surface area (Å²) in [5.74, 6) is -1.15. The Hall–Kier alpha value is -1.04. The number of aliphatic hydroxyl groups excluding tert-OH is 1. The third-order valence-corrected chi connectivity index (χ3v) is 4.24. The molecule has 3 aliphatic heterocycles. The van der Waals surface area contributed by atoms with E-state index in [1.54, 1.807) is 0 Å². The van der Waals surface area contributed by atoms with Crippen LogP contribution in [0.25, 0.3) is 0 Å². The molecule has 2 bridgehead atoms. The van der Waals surface area contributed by atoms with Gasteiger partial charge < -0.3 is 5.11 Å². The minimum Gasteiger partial charge on any atom is -0.391 e. The largest absolute Gasteiger partial charge is 0.391 e. The maximum absolute atomic E-state index is 13.6. The van der Waals surface area contributed by atoms with E-state index in [2.05, 4.69) is 9.80 Å². The molecule has 104 valence electrons. The fourth-order valence-corrected chi connectivity index (χ4v) is 3.10. The van der Waals surface area contributed by atoms with Gasteiger partial charge in [0.05, 0.1) is 6.10 Å². The van der Waals surface area contributed by atoms with E-state index in [9.17, 15) is 13.9 Å². The van der Waals surface area contributed by atoms with Crippen molar-refractivity contribution in [2.24, 2.45) is 0 Å². The molecule has 2 atom stereocenters. The van der Waals surface area contributed by atoms with Gasteiger partial charge in [0.1, 0.15) is 11.6 Å². The van der Waals surface area contributed by atoms with Crippen LogP contribution in [0.3, 0.4) is 0 Å². The van der Waals surface area contributed by atoms with E-state index in [-0.39, 0.29) is 18.0 Å². The Balaban J connectivity index is 1.73. The van der Waals surface area contributed by atoms with Crippen molar-refractivity contribution >= 4 is 0 Å². The van der Waals surface area contributed by atoms with Gasteiger partial charge in [0.2, 0.25) is 0 Å². The van der Waals surface area contributed by atoms with Gasteiger partial charge in [-0.25, -0.2) is 8.78 Å². The lowest BCUT2D eigenvalue weighted by Crippen LogP contribution is -2.64. The van der Waals surface area contributed by atoms with Gasteiger partial charge in [-0.15, -0.1) is 0 Å². The predicted molar refractivity (Wildman–Crippen MR) is 67.9 cm³/mol. The summed E-state index contributed by atoms with van der Waals surface area (Å²) in [5.41, 5.74) is -0.00681. The monoisotopic (exact) mass is 268 g/mol. The van der Waals surface area contributed by atoms with Crippen LogP contribution >= 0.6 is 0 Å². The highest BCUT2D eigenvalue weighted by Gasteiger charge is 2.36. The molecule has 3 aliphatic rings. The molecule has 1 N–H and O–H groups in total. The van der Waals surface area contributed by atoms with Crippen LogP contribution in [0, 0.1) is 11.6 Å². The Morgan fingerprint density at radius 2 is 1.79 bits per heavy atom. The molecular formula is C14H18F2N2O. The van der Waals surface area contributed by atoms with Crippen molar-refractivity contribution in [3.8, 4) is 0 Å². The molecule has 0 amide bonds. The maximum Gasteiger partial charge on any atom is 0.129 e. The smallest absolute Gasteiger partial charge is 0.129 e. The van der Waals surface area contributed by atoms with E-state index in [0.717, 1.165) is 32.7 Å². The summed E-state index contributed by atoms with van der Waals surface area (Å²) in [6.45, 7) is 4.70. The van der Waals surface area contributed by atoms with Crippen LogP contribution in [0.2, 0.25) is 0 Å². The minimum atomic E-state index is -0.727. The fourth-order valence-electron chi connectivity index (χ4n) is 3.10. The van der Waals surface area contributed by atoms with Gasteiger partial charge in [-0.1, -0.05) is 6.07 Å². The number of fused-ring (bicyclic) bond motifs is 3. The van der Waals surface area contributed by atoms with E-state index < -0.39 is 17.7 Å². The highest BCUT2D eigenvalue weighted by molar-refractivity contribution is 5.21. The fraction of sp³-hybridized carbons (Fsp3) is 0.571. The lowest BCUT2D eigenvalue weighted by Gasteiger charge is -2.49. The Morgan fingerprint density at radius 3 is 2.32 bits per heavy atom. The molecule has 3 fully saturated rings. The summed E-state index contributed by atoms with van der Waals surface area (Å²) in [5, 5.41) is 10.3. The van der Waals surface area contributed by atoms with Crippen molar-refractivity contribution in [3.05, 3.63) is 35.4 Å². The lowest BCUT2D eigenvalue weighted by molar-refractivity contribution is -0.0457. The molecule has 0 aromatic heterocycles. The Bertz CT molecular complexity index is 441. The van der Waals surface area contributed by atoms with Gasteiger partial charge in [0.15, 0.2) is 0 Å². The van der Waals surface area contributed by atoms with Crippen LogP contribution in [0.4, 0.5) is 8.78 Å². The van der Waals surface area contributed by atoms with Crippen LogP contribution in [-0.4, -0.2) is 59.8 Å². The van der Waals surface area contributed by atoms with Crippen molar-refractivity contribution < 1.29 is 13.9 Å². The van der Waals surface area contributed by atoms with Crippen molar-refractivity contribution in [3.63, 3.8) is 0 Å². The highest BCUT2D eigenvalue weighted by atomic mass is 19.1. The van der Waals surface area contributed by atoms with Gasteiger partial charge in [0, 0.05) is 50.7 Å². The zero-order valence-corrected chi connectivity index (χ0v) is 10.7. The number of aliphatic hydroxyl groups is 1. The van der Waals surface area contributed by atoms with Gasteiger partial charge in [-0.2, -0.15) is 0 Å². The molecule has 1 aromatic carbocycles. The lowest BCUT2D eigenvalue weighted by atomic mass is 9.96. The molecule has 0 spiro atoms. The van der Waals surface area contributed by atoms with Crippen LogP contribution in [0.5, 0.6) is 0 Å². The second-order valence-electron chi connectivity index (χ2n) is 5.38. The number of halogens is 2. The number of benzene rings is 1. The molecule has 1 aromatic rings. The van der Waals surface area contributed by atoms with Crippen molar-refractivity contribution in [2.75, 3.05) is 32.7 Å². The van der Waals surface area contributed by atoms with E-state index in [1.165, 1.54) is 18.2 Å². The zero-order chi connectivity index (χ0) is 13.4. The van der Waals surface area contributed by atoms with E-state index in [0.29, 0.717) is 0 Å². The van der Waals surface area contributed by atoms with Crippen LogP contribution in [0.15, 0.2) is 18.2 Å². The number of rotatable bonds is 3. The molecule has 19 heavy (non-hydrogen) atoms. The molecule has 0 saturated carbocycles. The minimum absolute atomic E-state index is 0.00681. The second-order valence-corrected chi connectivity index (χ2v) is 5.38. The van der Waals surface area contributed by atoms with Gasteiger partial charge in [0.25, 0.3) is 0 Å². The van der Waals surface area contributed by atoms with Gasteiger partial charge >= 0.3 is 0 Å². The molecular weight excluding hydrogens is 250 g/mol. The number of piperazine rings is 3. The first-order valence-corrected chi connectivity index (χ1v) is 6.72. The topological polar surface area (TPSA) is 26.7 Å². The van der Waals surface area contributed by atoms with Crippen molar-refractivity contribution in [1.29, 1.82) is 0 Å². The molecule has 0 aliphatic carbocycles. The average molecular weight is 268 g/mol. The highest BCUT2D eigenvalue weighted by Crippen LogP contribution is 2.22. The predicted octanol–water partition coefficient (Wildman–Crippen LogP) is 0.868. The van der Waals surface area contributed by atoms with Crippen molar-refractivity contribution in [2.45, 2.75) is 18.6 Å². The first kappa shape index (κ1) is 13.0. The van der Waals surface area contributed by atoms with E-state index in [1.807, 2.05) is 0 Å². The van der Waals surface area contributed by atoms with Gasteiger partial charge in [-0.3, -0.25) is 9.80 Å². The molecule has 4 rings (SSSR count). The molecule has 3 heterocycles. The Kier molecular flexibility index (Phi) is 3.52. The summed E-state index contributed by atoms with van der Waals surface area (Å²) in [7, 11) is 0. The Labute approximate surface area is 111 Å². The molecule has 2 unspecified atom stereocenters. The van der Waals surface area contributed by atoms with Crippen LogP contribution in [-0.2, 0) is 6.42 Å². The first-order chi connectivity index (χ1) is 9.15. The molecule has 3 nitrogen and oxygen atoms in total. The quantitative estimate of drug-likeness (QED) is 0.881. The second kappa shape index (κ2) is 5.15. The molecule has 5 heteroatoms. The van der Waals surface area contributed by atoms with Crippen molar-refractivity contribution in [1.82, 2.24) is 9.80 Å². The summed E-state index contributed by atoms with van der Waals surface area (Å²) in [6, 6.07) is 3.81. The number of hydrogen-bond donors (Lipinski definition) is 1. The number of hydrogen-bond acceptors (Lipinski definition) is 3. The van der Waals surface area contributed by atoms with Gasteiger partial charge in [-0.05, 0) is 12.1 Å². The normalized spacial score (nSPS) is 31.4. The summed E-state index contributed by atoms with van der Waals surface area (Å²) in [4.78, 5) is 4.52. The third kappa shape index (κ3) is 2.50. The summed E-state index contributed by atoms with van der Waals surface area (Å²) in [6.07, 6.45) is -0.692. The average Bonchev–Trinajstić information content (AvgIpc) is 2.44. The van der Waals surface area contributed by atoms with E-state index in [4.69, 9.17) is 0 Å². The van der Waals surface area contributed by atoms with Crippen LogP contribution < -0.4 is 0 Å². The Morgan fingerprint density at radius 1 is 1.16 bits per heavy atom. The summed E-state index contributed by atoms with van der Waals surface area (Å²) < 4.78 is 27.2. The standard InChI is InChI=1S/C14H18F2N2O/c15-11-2-1-3-12(16)10(11)8-14(19)13-9-17-4-6-18(13)7-5-17/h1-3,13-14,19H,4-9H2.